The lowest BCUT2D eigenvalue weighted by Crippen LogP contribution is -2.30. The summed E-state index contributed by atoms with van der Waals surface area (Å²) >= 11 is 0. The molecule has 0 heterocycles. The summed E-state index contributed by atoms with van der Waals surface area (Å²) in [5.74, 6) is -0.196. The first-order valence-corrected chi connectivity index (χ1v) is 11.1. The smallest absolute Gasteiger partial charge is 0.269 e. The second kappa shape index (κ2) is 7.37. The van der Waals surface area contributed by atoms with Gasteiger partial charge in [-0.15, -0.1) is 0 Å². The molecule has 7 nitrogen and oxygen atoms in total. The number of fused-ring (bicyclic) bond motifs is 1. The van der Waals surface area contributed by atoms with Crippen molar-refractivity contribution in [2.24, 2.45) is 5.92 Å². The van der Waals surface area contributed by atoms with Crippen molar-refractivity contribution in [2.75, 3.05) is 0 Å². The second-order valence-corrected chi connectivity index (χ2v) is 9.60. The zero-order chi connectivity index (χ0) is 21.5. The van der Waals surface area contributed by atoms with E-state index < -0.39 is 20.5 Å². The number of sulfonamides is 1. The summed E-state index contributed by atoms with van der Waals surface area (Å²) in [6.07, 6.45) is 3.81. The molecule has 2 atom stereocenters. The molecule has 2 aromatic carbocycles. The fourth-order valence-corrected chi connectivity index (χ4v) is 5.80. The molecule has 156 valence electrons. The van der Waals surface area contributed by atoms with Gasteiger partial charge in [0.25, 0.3) is 15.7 Å². The number of non-ortho nitro benzene ring substituents is 1. The van der Waals surface area contributed by atoms with Gasteiger partial charge in [0.2, 0.25) is 0 Å². The molecule has 0 aliphatic heterocycles. The Balaban J connectivity index is 1.78. The number of hydrogen-bond donors (Lipinski definition) is 1. The average Bonchev–Trinajstić information content (AvgIpc) is 3.22. The zero-order valence-corrected chi connectivity index (χ0v) is 17.1. The third-order valence-electron chi connectivity index (χ3n) is 5.88. The minimum atomic E-state index is -4.05. The van der Waals surface area contributed by atoms with Crippen molar-refractivity contribution >= 4 is 15.7 Å². The molecular weight excluding hydrogens is 404 g/mol. The van der Waals surface area contributed by atoms with Gasteiger partial charge < -0.3 is 5.11 Å². The van der Waals surface area contributed by atoms with E-state index in [1.54, 1.807) is 6.08 Å². The van der Waals surface area contributed by atoms with Crippen molar-refractivity contribution in [1.82, 2.24) is 4.31 Å². The highest BCUT2D eigenvalue weighted by molar-refractivity contribution is 7.89. The molecule has 0 bridgehead atoms. The van der Waals surface area contributed by atoms with E-state index in [4.69, 9.17) is 0 Å². The van der Waals surface area contributed by atoms with Crippen LogP contribution in [-0.4, -0.2) is 28.4 Å². The van der Waals surface area contributed by atoms with E-state index in [0.29, 0.717) is 17.7 Å². The van der Waals surface area contributed by atoms with Gasteiger partial charge in [-0.25, -0.2) is 8.42 Å². The summed E-state index contributed by atoms with van der Waals surface area (Å²) < 4.78 is 28.4. The van der Waals surface area contributed by atoms with Crippen molar-refractivity contribution in [3.8, 4) is 0 Å². The number of nitrogens with zero attached hydrogens (tertiary/aromatic N) is 2. The van der Waals surface area contributed by atoms with Crippen LogP contribution < -0.4 is 0 Å². The topological polar surface area (TPSA) is 101 Å². The molecule has 2 aromatic rings. The Morgan fingerprint density at radius 1 is 1.17 bits per heavy atom. The lowest BCUT2D eigenvalue weighted by Gasteiger charge is -2.27. The van der Waals surface area contributed by atoms with Crippen LogP contribution in [0.25, 0.3) is 0 Å². The van der Waals surface area contributed by atoms with Crippen LogP contribution in [-0.2, 0) is 16.6 Å². The maximum Gasteiger partial charge on any atom is 0.269 e. The van der Waals surface area contributed by atoms with Crippen molar-refractivity contribution in [2.45, 2.75) is 36.3 Å². The standard InChI is InChI=1S/C22H22N2O5S/c1-16-20-8-5-13-22(20,25)14-21(16)23(15-17-6-3-2-4-7-17)30(28,29)19-11-9-18(10-12-19)24(26)27/h2-4,6-7,9-12,14,20,25H,1,5,8,13,15H2/t20-,22-/m0/s1. The number of aliphatic hydroxyl groups is 1. The molecule has 2 aliphatic rings. The van der Waals surface area contributed by atoms with E-state index >= 15 is 0 Å². The first kappa shape index (κ1) is 20.3. The van der Waals surface area contributed by atoms with Crippen LogP contribution >= 0.6 is 0 Å². The van der Waals surface area contributed by atoms with E-state index in [1.807, 2.05) is 30.3 Å². The van der Waals surface area contributed by atoms with Gasteiger partial charge >= 0.3 is 0 Å². The molecule has 1 saturated carbocycles. The van der Waals surface area contributed by atoms with E-state index in [0.717, 1.165) is 18.4 Å². The van der Waals surface area contributed by atoms with Crippen LogP contribution in [0.5, 0.6) is 0 Å². The highest BCUT2D eigenvalue weighted by Gasteiger charge is 2.49. The lowest BCUT2D eigenvalue weighted by molar-refractivity contribution is -0.384. The molecule has 0 aromatic heterocycles. The molecule has 0 amide bonds. The highest BCUT2D eigenvalue weighted by Crippen LogP contribution is 2.50. The summed E-state index contributed by atoms with van der Waals surface area (Å²) in [5.41, 5.74) is 0.519. The predicted molar refractivity (Wildman–Crippen MR) is 112 cm³/mol. The van der Waals surface area contributed by atoms with E-state index in [1.165, 1.54) is 28.6 Å². The normalized spacial score (nSPS) is 23.2. The number of nitro benzene ring substituents is 1. The molecule has 0 saturated heterocycles. The SMILES string of the molecule is C=C1C(N(Cc2ccccc2)S(=O)(=O)c2ccc([N+](=O)[O-])cc2)=C[C@@]2(O)CCC[C@@H]12. The van der Waals surface area contributed by atoms with Gasteiger partial charge in [-0.3, -0.25) is 14.4 Å². The Morgan fingerprint density at radius 2 is 1.83 bits per heavy atom. The van der Waals surface area contributed by atoms with Crippen LogP contribution in [0, 0.1) is 16.0 Å². The third kappa shape index (κ3) is 3.42. The minimum Gasteiger partial charge on any atom is -0.385 e. The summed E-state index contributed by atoms with van der Waals surface area (Å²) in [7, 11) is -4.05. The fraction of sp³-hybridized carbons (Fsp3) is 0.273. The molecule has 8 heteroatoms. The fourth-order valence-electron chi connectivity index (χ4n) is 4.32. The summed E-state index contributed by atoms with van der Waals surface area (Å²) in [4.78, 5) is 10.3. The van der Waals surface area contributed by atoms with Gasteiger partial charge in [0.15, 0.2) is 0 Å². The number of hydrogen-bond acceptors (Lipinski definition) is 5. The zero-order valence-electron chi connectivity index (χ0n) is 16.3. The van der Waals surface area contributed by atoms with Crippen molar-refractivity contribution in [3.63, 3.8) is 0 Å². The molecule has 1 N–H and O–H groups in total. The lowest BCUT2D eigenvalue weighted by atomic mass is 9.92. The van der Waals surface area contributed by atoms with Crippen LogP contribution in [0.15, 0.2) is 83.4 Å². The predicted octanol–water partition coefficient (Wildman–Crippen LogP) is 3.77. The van der Waals surface area contributed by atoms with Gasteiger partial charge in [-0.1, -0.05) is 36.9 Å². The van der Waals surface area contributed by atoms with E-state index in [9.17, 15) is 23.6 Å². The van der Waals surface area contributed by atoms with Crippen LogP contribution in [0.1, 0.15) is 24.8 Å². The maximum absolute atomic E-state index is 13.6. The first-order valence-electron chi connectivity index (χ1n) is 9.68. The average molecular weight is 426 g/mol. The van der Waals surface area contributed by atoms with Crippen LogP contribution in [0.3, 0.4) is 0 Å². The van der Waals surface area contributed by atoms with Gasteiger partial charge in [0.05, 0.1) is 27.7 Å². The Bertz CT molecular complexity index is 1130. The molecule has 0 unspecified atom stereocenters. The molecule has 1 fully saturated rings. The number of benzene rings is 2. The molecular formula is C22H22N2O5S. The maximum atomic E-state index is 13.6. The summed E-state index contributed by atoms with van der Waals surface area (Å²) in [6.45, 7) is 4.17. The van der Waals surface area contributed by atoms with Crippen molar-refractivity contribution in [1.29, 1.82) is 0 Å². The van der Waals surface area contributed by atoms with Crippen molar-refractivity contribution in [3.05, 3.63) is 94.2 Å². The molecule has 2 aliphatic carbocycles. The Morgan fingerprint density at radius 3 is 2.43 bits per heavy atom. The summed E-state index contributed by atoms with van der Waals surface area (Å²) in [6, 6.07) is 14.0. The number of nitro groups is 1. The minimum absolute atomic E-state index is 0.0539. The number of rotatable bonds is 6. The van der Waals surface area contributed by atoms with Gasteiger partial charge in [0.1, 0.15) is 0 Å². The number of allylic oxidation sites excluding steroid dienone is 1. The Kier molecular flexibility index (Phi) is 4.99. The first-order chi connectivity index (χ1) is 14.2. The van der Waals surface area contributed by atoms with Gasteiger partial charge in [0, 0.05) is 18.1 Å². The summed E-state index contributed by atoms with van der Waals surface area (Å²) in [5, 5.41) is 21.9. The van der Waals surface area contributed by atoms with Gasteiger partial charge in [-0.05, 0) is 48.6 Å². The molecule has 4 rings (SSSR count). The second-order valence-electron chi connectivity index (χ2n) is 7.74. The third-order valence-corrected chi connectivity index (χ3v) is 7.66. The Labute approximate surface area is 175 Å². The van der Waals surface area contributed by atoms with Crippen LogP contribution in [0.4, 0.5) is 5.69 Å². The molecule has 0 radical (unpaired) electrons. The Hall–Kier alpha value is -2.97. The largest absolute Gasteiger partial charge is 0.385 e. The quantitative estimate of drug-likeness (QED) is 0.560. The molecule has 0 spiro atoms. The van der Waals surface area contributed by atoms with E-state index in [-0.39, 0.29) is 23.0 Å². The highest BCUT2D eigenvalue weighted by atomic mass is 32.2. The molecule has 30 heavy (non-hydrogen) atoms. The van der Waals surface area contributed by atoms with Crippen molar-refractivity contribution < 1.29 is 18.4 Å². The van der Waals surface area contributed by atoms with Gasteiger partial charge in [-0.2, -0.15) is 0 Å². The van der Waals surface area contributed by atoms with E-state index in [2.05, 4.69) is 6.58 Å². The monoisotopic (exact) mass is 426 g/mol. The van der Waals surface area contributed by atoms with Crippen LogP contribution in [0.2, 0.25) is 0 Å².